The lowest BCUT2D eigenvalue weighted by Crippen LogP contribution is -2.54. The highest BCUT2D eigenvalue weighted by Crippen LogP contribution is 2.38. The molecule has 274 valence electrons. The number of hydrogen-bond donors (Lipinski definition) is 1. The first-order chi connectivity index (χ1) is 23.5. The van der Waals surface area contributed by atoms with E-state index in [2.05, 4.69) is 10.2 Å². The Morgan fingerprint density at radius 1 is 1.08 bits per heavy atom. The summed E-state index contributed by atoms with van der Waals surface area (Å²) in [5.74, 6) is 0.0128. The van der Waals surface area contributed by atoms with Crippen molar-refractivity contribution in [1.29, 1.82) is 0 Å². The number of thiophene rings is 1. The van der Waals surface area contributed by atoms with Gasteiger partial charge in [0, 0.05) is 33.5 Å². The first kappa shape index (κ1) is 37.4. The van der Waals surface area contributed by atoms with Gasteiger partial charge in [-0.3, -0.25) is 9.36 Å². The lowest BCUT2D eigenvalue weighted by atomic mass is 9.93. The van der Waals surface area contributed by atoms with Gasteiger partial charge in [0.1, 0.15) is 33.3 Å². The van der Waals surface area contributed by atoms with Crippen LogP contribution in [0.4, 0.5) is 0 Å². The molecule has 1 aromatic carbocycles. The zero-order chi connectivity index (χ0) is 36.4. The molecule has 14 heteroatoms. The van der Waals surface area contributed by atoms with E-state index in [1.165, 1.54) is 30.0 Å². The van der Waals surface area contributed by atoms with Crippen molar-refractivity contribution in [3.05, 3.63) is 68.6 Å². The molecule has 0 saturated carbocycles. The molecule has 2 fully saturated rings. The lowest BCUT2D eigenvalue weighted by Gasteiger charge is -2.33. The first-order valence-corrected chi connectivity index (χ1v) is 17.8. The number of methoxy groups -OCH3 is 1. The molecule has 2 bridgehead atoms. The Labute approximate surface area is 297 Å². The number of carbonyl (C=O) groups is 1. The van der Waals surface area contributed by atoms with E-state index >= 15 is 0 Å². The third-order valence-electron chi connectivity index (χ3n) is 8.90. The fourth-order valence-corrected chi connectivity index (χ4v) is 7.73. The van der Waals surface area contributed by atoms with Crippen LogP contribution in [-0.4, -0.2) is 78.9 Å². The zero-order valence-corrected chi connectivity index (χ0v) is 31.0. The number of rotatable bonds is 10. The summed E-state index contributed by atoms with van der Waals surface area (Å²) >= 11 is 1.25. The van der Waals surface area contributed by atoms with Crippen molar-refractivity contribution in [2.75, 3.05) is 20.3 Å². The van der Waals surface area contributed by atoms with Gasteiger partial charge in [0.25, 0.3) is 5.56 Å². The summed E-state index contributed by atoms with van der Waals surface area (Å²) in [7, 11) is 1.61. The number of hydrogen-bond acceptors (Lipinski definition) is 11. The summed E-state index contributed by atoms with van der Waals surface area (Å²) < 4.78 is 24.7. The van der Waals surface area contributed by atoms with Gasteiger partial charge in [-0.25, -0.2) is 14.2 Å². The molecule has 1 N–H and O–H groups in total. The molecule has 2 saturated heterocycles. The minimum Gasteiger partial charge on any atom is -0.491 e. The molecular weight excluding hydrogens is 662 g/mol. The number of aliphatic hydroxyl groups is 1. The minimum absolute atomic E-state index is 0. The Morgan fingerprint density at radius 3 is 2.34 bits per heavy atom. The Bertz CT molecular complexity index is 1910. The second kappa shape index (κ2) is 14.8. The third-order valence-corrected chi connectivity index (χ3v) is 10.2. The maximum absolute atomic E-state index is 14.1. The number of carbonyl (C=O) groups excluding carboxylic acids is 1. The average Bonchev–Trinajstić information content (AvgIpc) is 3.76. The standard InChI is InChI=1S/C28H35N5O6S.C8H14O2.H2/c1-18-21-22(34)32(28(5,6)25(35)39-27(2,3)4)26(36)31(24(21)40-23(18)33-29-13-14-30-33)15-12-19-10-8-9-11-20(19)38-17-16-37-7;1-8(9)4-6-2-3-7(5-8)10-6;/h8-11,13-14H,12,15-17H2,1-7H3;6-7,9H,2-5H2,1H3;1H/t;6-,7+,8?;. The molecule has 3 aromatic heterocycles. The van der Waals surface area contributed by atoms with E-state index in [9.17, 15) is 19.5 Å². The van der Waals surface area contributed by atoms with Crippen molar-refractivity contribution in [2.45, 2.75) is 116 Å². The molecule has 0 radical (unpaired) electrons. The lowest BCUT2D eigenvalue weighted by molar-refractivity contribution is -0.164. The van der Waals surface area contributed by atoms with Crippen LogP contribution in [0.3, 0.4) is 0 Å². The topological polar surface area (TPSA) is 149 Å². The number of ether oxygens (including phenoxy) is 4. The molecule has 13 nitrogen and oxygen atoms in total. The molecule has 0 spiro atoms. The Balaban J connectivity index is 0.000000451. The van der Waals surface area contributed by atoms with Crippen molar-refractivity contribution in [3.8, 4) is 10.8 Å². The van der Waals surface area contributed by atoms with E-state index in [1.807, 2.05) is 31.2 Å². The van der Waals surface area contributed by atoms with Crippen LogP contribution >= 0.6 is 11.3 Å². The molecule has 4 aromatic rings. The predicted octanol–water partition coefficient (Wildman–Crippen LogP) is 4.78. The van der Waals surface area contributed by atoms with Gasteiger partial charge in [0.05, 0.1) is 42.2 Å². The number of nitrogens with zero attached hydrogens (tertiary/aromatic N) is 5. The number of aryl methyl sites for hydroxylation is 3. The van der Waals surface area contributed by atoms with Gasteiger partial charge in [-0.05, 0) is 79.4 Å². The van der Waals surface area contributed by atoms with E-state index in [0.29, 0.717) is 58.4 Å². The summed E-state index contributed by atoms with van der Waals surface area (Å²) in [4.78, 5) is 43.2. The van der Waals surface area contributed by atoms with Crippen LogP contribution in [0.2, 0.25) is 0 Å². The largest absolute Gasteiger partial charge is 0.491 e. The van der Waals surface area contributed by atoms with Crippen LogP contribution < -0.4 is 16.0 Å². The smallest absolute Gasteiger partial charge is 0.333 e. The minimum atomic E-state index is -1.57. The van der Waals surface area contributed by atoms with E-state index in [-0.39, 0.29) is 7.97 Å². The summed E-state index contributed by atoms with van der Waals surface area (Å²) in [6.45, 7) is 13.0. The van der Waals surface area contributed by atoms with Crippen molar-refractivity contribution in [2.24, 2.45) is 0 Å². The van der Waals surface area contributed by atoms with Crippen molar-refractivity contribution >= 4 is 27.5 Å². The van der Waals surface area contributed by atoms with Crippen LogP contribution in [0.15, 0.2) is 46.2 Å². The van der Waals surface area contributed by atoms with Gasteiger partial charge in [-0.15, -0.1) is 4.80 Å². The van der Waals surface area contributed by atoms with Crippen LogP contribution in [0.25, 0.3) is 15.2 Å². The molecule has 5 heterocycles. The number of esters is 1. The SMILES string of the molecule is CC1(O)C[C@H]2CC[C@@H](C1)O2.COCCOc1ccccc1CCn1c(=O)n(C(C)(C)C(=O)OC(C)(C)C)c(=O)c2c(C)c(-n3nccn3)sc21.[HH]. The Morgan fingerprint density at radius 2 is 1.72 bits per heavy atom. The highest BCUT2D eigenvalue weighted by Gasteiger charge is 2.41. The predicted molar refractivity (Wildman–Crippen MR) is 193 cm³/mol. The average molecular weight is 714 g/mol. The van der Waals surface area contributed by atoms with E-state index in [4.69, 9.17) is 18.9 Å². The highest BCUT2D eigenvalue weighted by molar-refractivity contribution is 7.21. The number of aromatic nitrogens is 5. The molecule has 2 aliphatic heterocycles. The second-order valence-corrected chi connectivity index (χ2v) is 15.7. The first-order valence-electron chi connectivity index (χ1n) is 17.0. The molecule has 0 aliphatic carbocycles. The number of fused-ring (bicyclic) bond motifs is 3. The van der Waals surface area contributed by atoms with Gasteiger partial charge in [0.15, 0.2) is 0 Å². The van der Waals surface area contributed by atoms with Gasteiger partial charge in [0.2, 0.25) is 0 Å². The number of benzene rings is 1. The monoisotopic (exact) mass is 713 g/mol. The zero-order valence-electron chi connectivity index (χ0n) is 30.2. The quantitative estimate of drug-likeness (QED) is 0.180. The van der Waals surface area contributed by atoms with E-state index < -0.39 is 34.0 Å². The maximum Gasteiger partial charge on any atom is 0.333 e. The summed E-state index contributed by atoms with van der Waals surface area (Å²) in [5.41, 5.74) is -2.47. The van der Waals surface area contributed by atoms with Crippen LogP contribution in [0.5, 0.6) is 5.75 Å². The van der Waals surface area contributed by atoms with Gasteiger partial charge < -0.3 is 24.1 Å². The van der Waals surface area contributed by atoms with Gasteiger partial charge >= 0.3 is 11.7 Å². The molecule has 50 heavy (non-hydrogen) atoms. The number of para-hydroxylation sites is 1. The summed E-state index contributed by atoms with van der Waals surface area (Å²) in [5, 5.41) is 19.1. The normalized spacial score (nSPS) is 20.4. The van der Waals surface area contributed by atoms with Crippen LogP contribution in [0, 0.1) is 6.92 Å². The summed E-state index contributed by atoms with van der Waals surface area (Å²) in [6, 6.07) is 7.59. The molecule has 1 unspecified atom stereocenters. The molecule has 2 aliphatic rings. The van der Waals surface area contributed by atoms with Crippen LogP contribution in [-0.2, 0) is 37.5 Å². The van der Waals surface area contributed by atoms with Crippen molar-refractivity contribution in [3.63, 3.8) is 0 Å². The van der Waals surface area contributed by atoms with Gasteiger partial charge in [-0.2, -0.15) is 10.2 Å². The summed E-state index contributed by atoms with van der Waals surface area (Å²) in [6.07, 6.45) is 8.22. The van der Waals surface area contributed by atoms with Crippen molar-refractivity contribution in [1.82, 2.24) is 24.1 Å². The second-order valence-electron chi connectivity index (χ2n) is 14.7. The Hall–Kier alpha value is -3.85. The molecule has 0 amide bonds. The third kappa shape index (κ3) is 8.20. The molecule has 6 rings (SSSR count). The maximum atomic E-state index is 14.1. The van der Waals surface area contributed by atoms with Gasteiger partial charge in [-0.1, -0.05) is 29.5 Å². The highest BCUT2D eigenvalue weighted by atomic mass is 32.1. The fraction of sp³-hybridized carbons (Fsp3) is 0.583. The van der Waals surface area contributed by atoms with Crippen molar-refractivity contribution < 1.29 is 30.3 Å². The molecular formula is C36H51N5O8S. The van der Waals surface area contributed by atoms with E-state index in [0.717, 1.165) is 35.8 Å². The van der Waals surface area contributed by atoms with Crippen LogP contribution in [0.1, 0.15) is 79.8 Å². The fourth-order valence-electron chi connectivity index (χ4n) is 6.49. The Kier molecular flexibility index (Phi) is 11.1. The molecule has 3 atom stereocenters. The van der Waals surface area contributed by atoms with E-state index in [1.54, 1.807) is 51.8 Å².